The molecule has 0 radical (unpaired) electrons. The van der Waals surface area contributed by atoms with Gasteiger partial charge in [-0.25, -0.2) is 0 Å². The molecule has 1 aliphatic heterocycles. The molecular formula is C16H23N3OS. The molecule has 0 fully saturated rings. The molecule has 0 aromatic carbocycles. The SMILES string of the molecule is CCn1cc2c(n1)CN(Cc1ccc(C)s1)CC2COC. The van der Waals surface area contributed by atoms with Gasteiger partial charge in [0.25, 0.3) is 0 Å². The topological polar surface area (TPSA) is 30.3 Å². The molecule has 0 aliphatic carbocycles. The Morgan fingerprint density at radius 3 is 2.95 bits per heavy atom. The summed E-state index contributed by atoms with van der Waals surface area (Å²) in [6, 6.07) is 4.44. The number of rotatable bonds is 5. The van der Waals surface area contributed by atoms with E-state index >= 15 is 0 Å². The van der Waals surface area contributed by atoms with Crippen molar-refractivity contribution >= 4 is 11.3 Å². The van der Waals surface area contributed by atoms with E-state index in [-0.39, 0.29) is 0 Å². The fourth-order valence-electron chi connectivity index (χ4n) is 3.04. The fraction of sp³-hybridized carbons (Fsp3) is 0.562. The maximum absolute atomic E-state index is 5.42. The summed E-state index contributed by atoms with van der Waals surface area (Å²) in [7, 11) is 1.78. The van der Waals surface area contributed by atoms with Crippen LogP contribution >= 0.6 is 11.3 Å². The number of aryl methyl sites for hydroxylation is 2. The van der Waals surface area contributed by atoms with Gasteiger partial charge in [0.05, 0.1) is 12.3 Å². The van der Waals surface area contributed by atoms with Gasteiger partial charge in [-0.15, -0.1) is 11.3 Å². The van der Waals surface area contributed by atoms with Crippen molar-refractivity contribution < 1.29 is 4.74 Å². The van der Waals surface area contributed by atoms with Gasteiger partial charge in [0, 0.05) is 60.7 Å². The highest BCUT2D eigenvalue weighted by Gasteiger charge is 2.28. The molecule has 5 heteroatoms. The van der Waals surface area contributed by atoms with E-state index in [0.29, 0.717) is 5.92 Å². The zero-order chi connectivity index (χ0) is 14.8. The minimum absolute atomic E-state index is 0.431. The Kier molecular flexibility index (Phi) is 4.42. The normalized spacial score (nSPS) is 18.9. The first-order chi connectivity index (χ1) is 10.2. The van der Waals surface area contributed by atoms with Crippen molar-refractivity contribution in [2.75, 3.05) is 20.3 Å². The lowest BCUT2D eigenvalue weighted by atomic mass is 9.95. The summed E-state index contributed by atoms with van der Waals surface area (Å²) in [5, 5.41) is 4.72. The van der Waals surface area contributed by atoms with E-state index in [1.807, 2.05) is 16.0 Å². The molecule has 0 N–H and O–H groups in total. The monoisotopic (exact) mass is 305 g/mol. The third kappa shape index (κ3) is 3.20. The Morgan fingerprint density at radius 2 is 2.29 bits per heavy atom. The zero-order valence-corrected chi connectivity index (χ0v) is 13.8. The Balaban J connectivity index is 1.79. The van der Waals surface area contributed by atoms with Crippen molar-refractivity contribution in [2.45, 2.75) is 39.4 Å². The number of thiophene rings is 1. The second-order valence-electron chi connectivity index (χ2n) is 5.72. The molecule has 21 heavy (non-hydrogen) atoms. The molecule has 4 nitrogen and oxygen atoms in total. The van der Waals surface area contributed by atoms with Crippen molar-refractivity contribution in [3.63, 3.8) is 0 Å². The van der Waals surface area contributed by atoms with E-state index in [4.69, 9.17) is 9.84 Å². The number of nitrogens with zero attached hydrogens (tertiary/aromatic N) is 3. The molecule has 0 saturated carbocycles. The van der Waals surface area contributed by atoms with Crippen LogP contribution in [0.4, 0.5) is 0 Å². The zero-order valence-electron chi connectivity index (χ0n) is 13.0. The molecule has 1 aliphatic rings. The Morgan fingerprint density at radius 1 is 1.43 bits per heavy atom. The molecule has 1 atom stereocenters. The van der Waals surface area contributed by atoms with Crippen LogP contribution in [0.25, 0.3) is 0 Å². The molecule has 3 heterocycles. The molecule has 0 spiro atoms. The first kappa shape index (κ1) is 14.8. The van der Waals surface area contributed by atoms with E-state index in [0.717, 1.165) is 32.8 Å². The van der Waals surface area contributed by atoms with Crippen LogP contribution in [0, 0.1) is 6.92 Å². The maximum Gasteiger partial charge on any atom is 0.0801 e. The third-order valence-electron chi connectivity index (χ3n) is 4.03. The number of fused-ring (bicyclic) bond motifs is 1. The highest BCUT2D eigenvalue weighted by atomic mass is 32.1. The van der Waals surface area contributed by atoms with Crippen molar-refractivity contribution in [1.29, 1.82) is 0 Å². The van der Waals surface area contributed by atoms with Crippen LogP contribution in [-0.2, 0) is 24.4 Å². The van der Waals surface area contributed by atoms with Crippen LogP contribution < -0.4 is 0 Å². The van der Waals surface area contributed by atoms with Gasteiger partial charge in [0.1, 0.15) is 0 Å². The molecule has 1 unspecified atom stereocenters. The fourth-order valence-corrected chi connectivity index (χ4v) is 3.98. The van der Waals surface area contributed by atoms with Gasteiger partial charge < -0.3 is 4.74 Å². The van der Waals surface area contributed by atoms with Gasteiger partial charge in [-0.3, -0.25) is 9.58 Å². The van der Waals surface area contributed by atoms with Gasteiger partial charge in [-0.2, -0.15) is 5.10 Å². The summed E-state index contributed by atoms with van der Waals surface area (Å²) in [5.74, 6) is 0.431. The largest absolute Gasteiger partial charge is 0.384 e. The van der Waals surface area contributed by atoms with E-state index in [1.165, 1.54) is 21.0 Å². The minimum atomic E-state index is 0.431. The summed E-state index contributed by atoms with van der Waals surface area (Å²) >= 11 is 1.89. The highest BCUT2D eigenvalue weighted by molar-refractivity contribution is 7.11. The number of aromatic nitrogens is 2. The standard InChI is InChI=1S/C16H23N3OS/c1-4-19-9-15-13(11-20-3)7-18(10-16(15)17-19)8-14-6-5-12(2)21-14/h5-6,9,13H,4,7-8,10-11H2,1-3H3. The molecule has 3 rings (SSSR count). The lowest BCUT2D eigenvalue weighted by Gasteiger charge is -2.31. The van der Waals surface area contributed by atoms with Crippen molar-refractivity contribution in [3.8, 4) is 0 Å². The molecular weight excluding hydrogens is 282 g/mol. The summed E-state index contributed by atoms with van der Waals surface area (Å²) in [6.45, 7) is 9.00. The summed E-state index contributed by atoms with van der Waals surface area (Å²) in [6.07, 6.45) is 2.20. The smallest absolute Gasteiger partial charge is 0.0801 e. The molecule has 0 saturated heterocycles. The van der Waals surface area contributed by atoms with Crippen LogP contribution in [0.5, 0.6) is 0 Å². The van der Waals surface area contributed by atoms with Crippen LogP contribution in [0.3, 0.4) is 0 Å². The molecule has 2 aromatic rings. The van der Waals surface area contributed by atoms with Crippen molar-refractivity contribution in [1.82, 2.24) is 14.7 Å². The number of hydrogen-bond donors (Lipinski definition) is 0. The molecule has 0 bridgehead atoms. The second-order valence-corrected chi connectivity index (χ2v) is 7.09. The third-order valence-corrected chi connectivity index (χ3v) is 5.02. The van der Waals surface area contributed by atoms with Crippen LogP contribution in [0.2, 0.25) is 0 Å². The quantitative estimate of drug-likeness (QED) is 0.850. The number of ether oxygens (including phenoxy) is 1. The van der Waals surface area contributed by atoms with Gasteiger partial charge in [0.2, 0.25) is 0 Å². The highest BCUT2D eigenvalue weighted by Crippen LogP contribution is 2.29. The van der Waals surface area contributed by atoms with Gasteiger partial charge >= 0.3 is 0 Å². The summed E-state index contributed by atoms with van der Waals surface area (Å²) < 4.78 is 7.47. The summed E-state index contributed by atoms with van der Waals surface area (Å²) in [5.41, 5.74) is 2.59. The van der Waals surface area contributed by atoms with E-state index in [2.05, 4.69) is 37.1 Å². The average Bonchev–Trinajstić information content (AvgIpc) is 3.05. The second kappa shape index (κ2) is 6.30. The van der Waals surface area contributed by atoms with E-state index in [1.54, 1.807) is 7.11 Å². The predicted molar refractivity (Wildman–Crippen MR) is 85.7 cm³/mol. The molecule has 2 aromatic heterocycles. The Bertz CT molecular complexity index is 604. The van der Waals surface area contributed by atoms with Crippen molar-refractivity contribution in [3.05, 3.63) is 39.3 Å². The van der Waals surface area contributed by atoms with Gasteiger partial charge in [0.15, 0.2) is 0 Å². The van der Waals surface area contributed by atoms with E-state index < -0.39 is 0 Å². The molecule has 0 amide bonds. The lowest BCUT2D eigenvalue weighted by Crippen LogP contribution is -2.34. The Labute approximate surface area is 130 Å². The number of methoxy groups -OCH3 is 1. The van der Waals surface area contributed by atoms with Gasteiger partial charge in [-0.1, -0.05) is 0 Å². The number of hydrogen-bond acceptors (Lipinski definition) is 4. The first-order valence-corrected chi connectivity index (χ1v) is 8.34. The van der Waals surface area contributed by atoms with Crippen LogP contribution in [0.1, 0.15) is 33.9 Å². The van der Waals surface area contributed by atoms with Gasteiger partial charge in [-0.05, 0) is 26.0 Å². The van der Waals surface area contributed by atoms with Crippen LogP contribution in [0.15, 0.2) is 18.3 Å². The predicted octanol–water partition coefficient (Wildman–Crippen LogP) is 3.02. The minimum Gasteiger partial charge on any atom is -0.384 e. The lowest BCUT2D eigenvalue weighted by molar-refractivity contribution is 0.136. The van der Waals surface area contributed by atoms with E-state index in [9.17, 15) is 0 Å². The average molecular weight is 305 g/mol. The first-order valence-electron chi connectivity index (χ1n) is 7.52. The Hall–Kier alpha value is -1.17. The molecule has 114 valence electrons. The summed E-state index contributed by atoms with van der Waals surface area (Å²) in [4.78, 5) is 5.30. The van der Waals surface area contributed by atoms with Crippen LogP contribution in [-0.4, -0.2) is 34.9 Å². The van der Waals surface area contributed by atoms with Crippen molar-refractivity contribution in [2.24, 2.45) is 0 Å². The maximum atomic E-state index is 5.42.